The van der Waals surface area contributed by atoms with Gasteiger partial charge in [0.05, 0.1) is 0 Å². The van der Waals surface area contributed by atoms with E-state index in [0.717, 1.165) is 12.8 Å². The van der Waals surface area contributed by atoms with E-state index >= 15 is 0 Å². The van der Waals surface area contributed by atoms with Gasteiger partial charge in [0.25, 0.3) is 0 Å². The molecule has 0 aromatic carbocycles. The molecule has 2 atom stereocenters. The maximum absolute atomic E-state index is 10.8. The third-order valence-electron chi connectivity index (χ3n) is 3.36. The highest BCUT2D eigenvalue weighted by Crippen LogP contribution is 2.26. The highest BCUT2D eigenvalue weighted by atomic mass is 16.4. The average Bonchev–Trinajstić information content (AvgIpc) is 2.02. The molecule has 4 nitrogen and oxygen atoms in total. The van der Waals surface area contributed by atoms with Crippen molar-refractivity contribution in [2.24, 2.45) is 0 Å². The topological polar surface area (TPSA) is 43.8 Å². The normalized spacial score (nSPS) is 34.7. The number of piperazine rings is 1. The Morgan fingerprint density at radius 3 is 2.31 bits per heavy atom. The molecule has 1 N–H and O–H groups in total. The fourth-order valence-corrected chi connectivity index (χ4v) is 2.47. The number of fused-ring (bicyclic) bond motifs is 2. The summed E-state index contributed by atoms with van der Waals surface area (Å²) in [5.74, 6) is 0. The molecule has 0 aliphatic carbocycles. The molecule has 0 aromatic rings. The lowest BCUT2D eigenvalue weighted by atomic mass is 9.92. The lowest BCUT2D eigenvalue weighted by Gasteiger charge is -2.47. The molecule has 2 rings (SSSR count). The van der Waals surface area contributed by atoms with Gasteiger partial charge in [-0.15, -0.1) is 0 Å². The lowest BCUT2D eigenvalue weighted by molar-refractivity contribution is 0.0148. The highest BCUT2D eigenvalue weighted by molar-refractivity contribution is 5.65. The third kappa shape index (κ3) is 1.50. The molecule has 2 aliphatic heterocycles. The van der Waals surface area contributed by atoms with Crippen LogP contribution in [0.5, 0.6) is 0 Å². The monoisotopic (exact) mass is 184 g/mol. The lowest BCUT2D eigenvalue weighted by Crippen LogP contribution is -2.60. The smallest absolute Gasteiger partial charge is 0.407 e. The fourth-order valence-electron chi connectivity index (χ4n) is 2.47. The molecule has 0 radical (unpaired) electrons. The molecule has 0 saturated carbocycles. The SMILES string of the molecule is CN1C2CCCC1CN(C(=O)O)C2. The number of hydrogen-bond acceptors (Lipinski definition) is 2. The molecular formula is C9H16N2O2. The van der Waals surface area contributed by atoms with Gasteiger partial charge in [0.15, 0.2) is 0 Å². The number of carboxylic acid groups (broad SMARTS) is 1. The van der Waals surface area contributed by atoms with Gasteiger partial charge in [0.2, 0.25) is 0 Å². The maximum Gasteiger partial charge on any atom is 0.407 e. The standard InChI is InChI=1S/C9H16N2O2/c1-10-7-3-2-4-8(10)6-11(5-7)9(12)13/h7-8H,2-6H2,1H3,(H,12,13). The second-order valence-electron chi connectivity index (χ2n) is 4.09. The maximum atomic E-state index is 10.8. The zero-order valence-corrected chi connectivity index (χ0v) is 7.94. The first-order valence-corrected chi connectivity index (χ1v) is 4.88. The molecule has 2 unspecified atom stereocenters. The van der Waals surface area contributed by atoms with Crippen LogP contribution in [0.4, 0.5) is 4.79 Å². The van der Waals surface area contributed by atoms with E-state index in [0.29, 0.717) is 25.2 Å². The number of hydrogen-bond donors (Lipinski definition) is 1. The van der Waals surface area contributed by atoms with Gasteiger partial charge >= 0.3 is 6.09 Å². The van der Waals surface area contributed by atoms with Crippen LogP contribution in [0.25, 0.3) is 0 Å². The summed E-state index contributed by atoms with van der Waals surface area (Å²) in [5.41, 5.74) is 0. The van der Waals surface area contributed by atoms with Crippen LogP contribution < -0.4 is 0 Å². The predicted molar refractivity (Wildman–Crippen MR) is 48.8 cm³/mol. The van der Waals surface area contributed by atoms with Gasteiger partial charge in [-0.05, 0) is 19.9 Å². The third-order valence-corrected chi connectivity index (χ3v) is 3.36. The van der Waals surface area contributed by atoms with E-state index in [4.69, 9.17) is 5.11 Å². The van der Waals surface area contributed by atoms with E-state index in [1.54, 1.807) is 4.90 Å². The summed E-state index contributed by atoms with van der Waals surface area (Å²) < 4.78 is 0. The number of likely N-dealkylation sites (N-methyl/N-ethyl adjacent to an activating group) is 1. The van der Waals surface area contributed by atoms with Crippen molar-refractivity contribution in [1.29, 1.82) is 0 Å². The largest absolute Gasteiger partial charge is 0.465 e. The van der Waals surface area contributed by atoms with Gasteiger partial charge in [-0.3, -0.25) is 4.90 Å². The molecule has 2 fully saturated rings. The van der Waals surface area contributed by atoms with E-state index in [1.807, 2.05) is 0 Å². The number of nitrogens with zero attached hydrogens (tertiary/aromatic N) is 2. The minimum atomic E-state index is -0.759. The molecule has 13 heavy (non-hydrogen) atoms. The molecule has 0 aromatic heterocycles. The second-order valence-corrected chi connectivity index (χ2v) is 4.09. The van der Waals surface area contributed by atoms with Crippen molar-refractivity contribution in [3.05, 3.63) is 0 Å². The van der Waals surface area contributed by atoms with Gasteiger partial charge in [-0.1, -0.05) is 6.42 Å². The highest BCUT2D eigenvalue weighted by Gasteiger charge is 2.36. The van der Waals surface area contributed by atoms with E-state index in [-0.39, 0.29) is 0 Å². The number of amides is 1. The van der Waals surface area contributed by atoms with Crippen LogP contribution in [-0.2, 0) is 0 Å². The second kappa shape index (κ2) is 3.18. The van der Waals surface area contributed by atoms with Crippen molar-refractivity contribution in [2.75, 3.05) is 20.1 Å². The van der Waals surface area contributed by atoms with E-state index in [2.05, 4.69) is 11.9 Å². The Bertz CT molecular complexity index is 206. The van der Waals surface area contributed by atoms with Gasteiger partial charge in [-0.25, -0.2) is 4.79 Å². The molecular weight excluding hydrogens is 168 g/mol. The Morgan fingerprint density at radius 2 is 1.85 bits per heavy atom. The van der Waals surface area contributed by atoms with Gasteiger partial charge in [-0.2, -0.15) is 0 Å². The molecule has 0 spiro atoms. The van der Waals surface area contributed by atoms with Crippen LogP contribution in [0.3, 0.4) is 0 Å². The van der Waals surface area contributed by atoms with Crippen molar-refractivity contribution < 1.29 is 9.90 Å². The van der Waals surface area contributed by atoms with Crippen LogP contribution in [0.1, 0.15) is 19.3 Å². The zero-order chi connectivity index (χ0) is 9.42. The predicted octanol–water partition coefficient (Wildman–Crippen LogP) is 0.833. The summed E-state index contributed by atoms with van der Waals surface area (Å²) in [6.07, 6.45) is 2.80. The summed E-state index contributed by atoms with van der Waals surface area (Å²) in [5, 5.41) is 8.89. The van der Waals surface area contributed by atoms with Gasteiger partial charge in [0.1, 0.15) is 0 Å². The Hall–Kier alpha value is -0.770. The minimum absolute atomic E-state index is 0.462. The van der Waals surface area contributed by atoms with Gasteiger partial charge < -0.3 is 10.0 Å². The fraction of sp³-hybridized carbons (Fsp3) is 0.889. The molecule has 1 amide bonds. The minimum Gasteiger partial charge on any atom is -0.465 e. The summed E-state index contributed by atoms with van der Waals surface area (Å²) in [7, 11) is 2.12. The first kappa shape index (κ1) is 8.81. The van der Waals surface area contributed by atoms with Crippen LogP contribution in [0.15, 0.2) is 0 Å². The first-order valence-electron chi connectivity index (χ1n) is 4.88. The molecule has 2 heterocycles. The van der Waals surface area contributed by atoms with Crippen LogP contribution >= 0.6 is 0 Å². The van der Waals surface area contributed by atoms with E-state index < -0.39 is 6.09 Å². The van der Waals surface area contributed by atoms with Crippen LogP contribution in [-0.4, -0.2) is 53.2 Å². The molecule has 2 aliphatic rings. The number of likely N-dealkylation sites (tertiary alicyclic amines) is 1. The number of rotatable bonds is 0. The molecule has 4 heteroatoms. The molecule has 2 bridgehead atoms. The summed E-state index contributed by atoms with van der Waals surface area (Å²) in [4.78, 5) is 14.7. The summed E-state index contributed by atoms with van der Waals surface area (Å²) >= 11 is 0. The Kier molecular flexibility index (Phi) is 2.15. The van der Waals surface area contributed by atoms with Crippen molar-refractivity contribution in [3.63, 3.8) is 0 Å². The summed E-state index contributed by atoms with van der Waals surface area (Å²) in [6, 6.07) is 0.923. The molecule has 2 saturated heterocycles. The Labute approximate surface area is 78.1 Å². The van der Waals surface area contributed by atoms with Crippen molar-refractivity contribution in [3.8, 4) is 0 Å². The zero-order valence-electron chi connectivity index (χ0n) is 7.94. The average molecular weight is 184 g/mol. The van der Waals surface area contributed by atoms with Crippen LogP contribution in [0.2, 0.25) is 0 Å². The molecule has 74 valence electrons. The van der Waals surface area contributed by atoms with Crippen molar-refractivity contribution in [2.45, 2.75) is 31.3 Å². The quantitative estimate of drug-likeness (QED) is 0.606. The van der Waals surface area contributed by atoms with E-state index in [9.17, 15) is 4.79 Å². The number of piperidine rings is 1. The van der Waals surface area contributed by atoms with E-state index in [1.165, 1.54) is 6.42 Å². The first-order chi connectivity index (χ1) is 6.18. The van der Waals surface area contributed by atoms with Gasteiger partial charge in [0, 0.05) is 25.2 Å². The van der Waals surface area contributed by atoms with Crippen LogP contribution in [0, 0.1) is 0 Å². The number of carbonyl (C=O) groups is 1. The Balaban J connectivity index is 2.07. The van der Waals surface area contributed by atoms with Crippen molar-refractivity contribution in [1.82, 2.24) is 9.80 Å². The Morgan fingerprint density at radius 1 is 1.31 bits per heavy atom. The van der Waals surface area contributed by atoms with Crippen molar-refractivity contribution >= 4 is 6.09 Å². The summed E-state index contributed by atoms with van der Waals surface area (Å²) in [6.45, 7) is 1.39.